The summed E-state index contributed by atoms with van der Waals surface area (Å²) in [6, 6.07) is 6.14. The average molecular weight is 278 g/mol. The summed E-state index contributed by atoms with van der Waals surface area (Å²) in [6.07, 6.45) is 0. The molecule has 2 rings (SSSR count). The van der Waals surface area contributed by atoms with Gasteiger partial charge < -0.3 is 9.30 Å². The van der Waals surface area contributed by atoms with Gasteiger partial charge in [-0.1, -0.05) is 31.3 Å². The molecule has 1 N–H and O–H groups in total. The maximum atomic E-state index is 11.6. The van der Waals surface area contributed by atoms with Crippen LogP contribution in [0.1, 0.15) is 32.3 Å². The molecule has 0 unspecified atom stereocenters. The van der Waals surface area contributed by atoms with E-state index in [1.165, 1.54) is 16.9 Å². The van der Waals surface area contributed by atoms with Gasteiger partial charge in [0, 0.05) is 0 Å². The number of rotatable bonds is 4. The molecule has 19 heavy (non-hydrogen) atoms. The minimum atomic E-state index is -0.298. The fourth-order valence-electron chi connectivity index (χ4n) is 1.96. The molecule has 1 aromatic heterocycles. The molecule has 5 heteroatoms. The molecule has 0 atom stereocenters. The Morgan fingerprint density at radius 3 is 2.84 bits per heavy atom. The third-order valence-corrected chi connectivity index (χ3v) is 3.95. The second kappa shape index (κ2) is 5.57. The van der Waals surface area contributed by atoms with Crippen molar-refractivity contribution in [3.8, 4) is 0 Å². The van der Waals surface area contributed by atoms with E-state index in [1.807, 2.05) is 6.07 Å². The largest absolute Gasteiger partial charge is 0.465 e. The molecule has 1 heterocycles. The van der Waals surface area contributed by atoms with Gasteiger partial charge in [0.2, 0.25) is 0 Å². The van der Waals surface area contributed by atoms with Crippen LogP contribution >= 0.6 is 11.3 Å². The molecular weight excluding hydrogens is 260 g/mol. The summed E-state index contributed by atoms with van der Waals surface area (Å²) in [5.41, 5.74) is 2.17. The van der Waals surface area contributed by atoms with Crippen LogP contribution in [0.25, 0.3) is 10.2 Å². The van der Waals surface area contributed by atoms with Gasteiger partial charge in [0.25, 0.3) is 0 Å². The summed E-state index contributed by atoms with van der Waals surface area (Å²) in [7, 11) is 0. The standard InChI is InChI=1S/C14H18N2O2S/c1-4-18-13(17)8-16-11-6-5-10(9(2)3)7-12(11)19-14(16)15/h5-7,9,15H,4,8H2,1-3H3. The lowest BCUT2D eigenvalue weighted by Gasteiger charge is -2.07. The highest BCUT2D eigenvalue weighted by molar-refractivity contribution is 7.16. The first kappa shape index (κ1) is 13.8. The zero-order chi connectivity index (χ0) is 14.0. The number of hydrogen-bond acceptors (Lipinski definition) is 4. The monoisotopic (exact) mass is 278 g/mol. The highest BCUT2D eigenvalue weighted by Gasteiger charge is 2.11. The minimum absolute atomic E-state index is 0.105. The Balaban J connectivity index is 2.42. The predicted octanol–water partition coefficient (Wildman–Crippen LogP) is 2.87. The van der Waals surface area contributed by atoms with Crippen molar-refractivity contribution in [3.63, 3.8) is 0 Å². The van der Waals surface area contributed by atoms with Crippen LogP contribution in [0.4, 0.5) is 0 Å². The summed E-state index contributed by atoms with van der Waals surface area (Å²) in [6.45, 7) is 6.54. The Bertz CT molecular complexity index is 655. The van der Waals surface area contributed by atoms with Crippen molar-refractivity contribution in [2.45, 2.75) is 33.2 Å². The van der Waals surface area contributed by atoms with Gasteiger partial charge in [0.15, 0.2) is 4.80 Å². The van der Waals surface area contributed by atoms with Crippen molar-refractivity contribution < 1.29 is 9.53 Å². The maximum absolute atomic E-state index is 11.6. The van der Waals surface area contributed by atoms with Gasteiger partial charge in [0.05, 0.1) is 16.8 Å². The second-order valence-electron chi connectivity index (χ2n) is 4.68. The number of esters is 1. The number of nitrogens with zero attached hydrogens (tertiary/aromatic N) is 1. The van der Waals surface area contributed by atoms with E-state index in [2.05, 4.69) is 26.0 Å². The number of ether oxygens (including phenoxy) is 1. The SMILES string of the molecule is CCOC(=O)Cn1c(=N)sc2cc(C(C)C)ccc21. The molecule has 0 aliphatic rings. The van der Waals surface area contributed by atoms with E-state index in [0.29, 0.717) is 17.3 Å². The summed E-state index contributed by atoms with van der Waals surface area (Å²) in [5, 5.41) is 7.98. The summed E-state index contributed by atoms with van der Waals surface area (Å²) >= 11 is 1.39. The lowest BCUT2D eigenvalue weighted by Crippen LogP contribution is -2.20. The first-order valence-corrected chi connectivity index (χ1v) is 7.18. The van der Waals surface area contributed by atoms with Crippen molar-refractivity contribution in [2.24, 2.45) is 0 Å². The molecular formula is C14H18N2O2S. The smallest absolute Gasteiger partial charge is 0.326 e. The van der Waals surface area contributed by atoms with Crippen LogP contribution in [-0.4, -0.2) is 17.1 Å². The number of hydrogen-bond donors (Lipinski definition) is 1. The quantitative estimate of drug-likeness (QED) is 0.874. The first-order valence-electron chi connectivity index (χ1n) is 6.36. The molecule has 102 valence electrons. The van der Waals surface area contributed by atoms with Gasteiger partial charge in [-0.3, -0.25) is 10.2 Å². The maximum Gasteiger partial charge on any atom is 0.326 e. The Kier molecular flexibility index (Phi) is 4.04. The molecule has 0 saturated heterocycles. The molecule has 1 aromatic carbocycles. The number of carbonyl (C=O) groups excluding carboxylic acids is 1. The Labute approximate surface area is 116 Å². The lowest BCUT2D eigenvalue weighted by molar-refractivity contribution is -0.143. The summed E-state index contributed by atoms with van der Waals surface area (Å²) < 4.78 is 7.68. The number of aromatic nitrogens is 1. The van der Waals surface area contributed by atoms with E-state index in [0.717, 1.165) is 10.2 Å². The fraction of sp³-hybridized carbons (Fsp3) is 0.429. The highest BCUT2D eigenvalue weighted by Crippen LogP contribution is 2.23. The third-order valence-electron chi connectivity index (χ3n) is 2.99. The van der Waals surface area contributed by atoms with E-state index in [9.17, 15) is 4.79 Å². The van der Waals surface area contributed by atoms with Gasteiger partial charge >= 0.3 is 5.97 Å². The second-order valence-corrected chi connectivity index (χ2v) is 5.71. The number of fused-ring (bicyclic) bond motifs is 1. The zero-order valence-corrected chi connectivity index (χ0v) is 12.2. The van der Waals surface area contributed by atoms with Crippen LogP contribution in [0.3, 0.4) is 0 Å². The molecule has 0 aliphatic carbocycles. The molecule has 0 bridgehead atoms. The van der Waals surface area contributed by atoms with Crippen molar-refractivity contribution in [2.75, 3.05) is 6.61 Å². The van der Waals surface area contributed by atoms with Gasteiger partial charge in [-0.05, 0) is 30.5 Å². The number of carbonyl (C=O) groups is 1. The number of nitrogens with one attached hydrogen (secondary N) is 1. The van der Waals surface area contributed by atoms with Gasteiger partial charge in [-0.2, -0.15) is 0 Å². The van der Waals surface area contributed by atoms with Gasteiger partial charge in [-0.25, -0.2) is 0 Å². The van der Waals surface area contributed by atoms with Crippen molar-refractivity contribution in [1.29, 1.82) is 5.41 Å². The van der Waals surface area contributed by atoms with Crippen molar-refractivity contribution >= 4 is 27.5 Å². The predicted molar refractivity (Wildman–Crippen MR) is 76.4 cm³/mol. The Morgan fingerprint density at radius 1 is 1.47 bits per heavy atom. The summed E-state index contributed by atoms with van der Waals surface area (Å²) in [5.74, 6) is 0.160. The Morgan fingerprint density at radius 2 is 2.21 bits per heavy atom. The van der Waals surface area contributed by atoms with E-state index >= 15 is 0 Å². The van der Waals surface area contributed by atoms with Crippen LogP contribution < -0.4 is 4.80 Å². The van der Waals surface area contributed by atoms with Crippen LogP contribution in [-0.2, 0) is 16.1 Å². The molecule has 0 fully saturated rings. The molecule has 0 saturated carbocycles. The zero-order valence-electron chi connectivity index (χ0n) is 11.4. The molecule has 0 radical (unpaired) electrons. The van der Waals surface area contributed by atoms with E-state index < -0.39 is 0 Å². The van der Waals surface area contributed by atoms with Crippen LogP contribution in [0.5, 0.6) is 0 Å². The van der Waals surface area contributed by atoms with Crippen molar-refractivity contribution in [1.82, 2.24) is 4.57 Å². The highest BCUT2D eigenvalue weighted by atomic mass is 32.1. The fourth-order valence-corrected chi connectivity index (χ4v) is 2.92. The van der Waals surface area contributed by atoms with Crippen LogP contribution in [0.15, 0.2) is 18.2 Å². The third kappa shape index (κ3) is 2.87. The molecule has 0 spiro atoms. The molecule has 2 aromatic rings. The van der Waals surface area contributed by atoms with Gasteiger partial charge in [-0.15, -0.1) is 0 Å². The molecule has 0 aliphatic heterocycles. The summed E-state index contributed by atoms with van der Waals surface area (Å²) in [4.78, 5) is 11.9. The van der Waals surface area contributed by atoms with E-state index in [4.69, 9.17) is 10.1 Å². The van der Waals surface area contributed by atoms with E-state index in [-0.39, 0.29) is 12.5 Å². The topological polar surface area (TPSA) is 55.1 Å². The van der Waals surface area contributed by atoms with Crippen LogP contribution in [0.2, 0.25) is 0 Å². The first-order chi connectivity index (χ1) is 9.02. The molecule has 4 nitrogen and oxygen atoms in total. The van der Waals surface area contributed by atoms with E-state index in [1.54, 1.807) is 11.5 Å². The minimum Gasteiger partial charge on any atom is -0.465 e. The Hall–Kier alpha value is -1.62. The normalized spacial score (nSPS) is 11.2. The van der Waals surface area contributed by atoms with Crippen LogP contribution in [0, 0.1) is 5.41 Å². The number of thiazole rings is 1. The van der Waals surface area contributed by atoms with Crippen molar-refractivity contribution in [3.05, 3.63) is 28.6 Å². The average Bonchev–Trinajstić information content (AvgIpc) is 2.65. The lowest BCUT2D eigenvalue weighted by atomic mass is 10.0. The molecule has 0 amide bonds. The van der Waals surface area contributed by atoms with Gasteiger partial charge in [0.1, 0.15) is 6.54 Å². The number of benzene rings is 1.